The van der Waals surface area contributed by atoms with Crippen LogP contribution in [0.3, 0.4) is 0 Å². The molecule has 1 aromatic carbocycles. The van der Waals surface area contributed by atoms with Crippen LogP contribution in [0.2, 0.25) is 10.0 Å². The van der Waals surface area contributed by atoms with Gasteiger partial charge < -0.3 is 4.98 Å². The number of aromatic amines is 2. The summed E-state index contributed by atoms with van der Waals surface area (Å²) >= 11 is 11.9. The first kappa shape index (κ1) is 16.5. The van der Waals surface area contributed by atoms with Crippen LogP contribution in [0, 0.1) is 0 Å². The Morgan fingerprint density at radius 1 is 1.12 bits per heavy atom. The number of halogens is 2. The van der Waals surface area contributed by atoms with Crippen LogP contribution in [-0.4, -0.2) is 21.0 Å². The number of hydrogen-bond donors (Lipinski definition) is 2. The number of nitrogens with zero attached hydrogens (tertiary/aromatic N) is 1. The number of H-pyrrole nitrogens is 2. The van der Waals surface area contributed by atoms with E-state index < -0.39 is 0 Å². The number of benzene rings is 1. The summed E-state index contributed by atoms with van der Waals surface area (Å²) in [5, 5.41) is 7.19. The van der Waals surface area contributed by atoms with Crippen molar-refractivity contribution < 1.29 is 4.79 Å². The Morgan fingerprint density at radius 3 is 2.58 bits per heavy atom. The SMILES string of the molecule is CC(c1ccc(=O)[nH]n1)c1ccc(C(=O)c2ccc(Cl)cc2Cl)[nH]1. The van der Waals surface area contributed by atoms with E-state index in [9.17, 15) is 9.59 Å². The minimum atomic E-state index is -0.259. The predicted molar refractivity (Wildman–Crippen MR) is 93.1 cm³/mol. The van der Waals surface area contributed by atoms with Gasteiger partial charge in [-0.25, -0.2) is 5.10 Å². The molecule has 3 rings (SSSR count). The first-order chi connectivity index (χ1) is 11.5. The number of carbonyl (C=O) groups excluding carboxylic acids is 1. The molecule has 0 aliphatic rings. The molecule has 0 aliphatic carbocycles. The van der Waals surface area contributed by atoms with Crippen LogP contribution >= 0.6 is 23.2 Å². The highest BCUT2D eigenvalue weighted by atomic mass is 35.5. The van der Waals surface area contributed by atoms with E-state index in [1.165, 1.54) is 12.1 Å². The molecule has 1 unspecified atom stereocenters. The molecule has 0 saturated carbocycles. The molecule has 3 aromatic rings. The monoisotopic (exact) mass is 361 g/mol. The van der Waals surface area contributed by atoms with Gasteiger partial charge in [0.25, 0.3) is 5.56 Å². The van der Waals surface area contributed by atoms with Crippen LogP contribution in [-0.2, 0) is 0 Å². The van der Waals surface area contributed by atoms with Gasteiger partial charge in [0.1, 0.15) is 0 Å². The Bertz CT molecular complexity index is 942. The highest BCUT2D eigenvalue weighted by Gasteiger charge is 2.18. The number of rotatable bonds is 4. The van der Waals surface area contributed by atoms with E-state index in [-0.39, 0.29) is 17.3 Å². The van der Waals surface area contributed by atoms with Gasteiger partial charge in [-0.05, 0) is 36.4 Å². The highest BCUT2D eigenvalue weighted by molar-refractivity contribution is 6.37. The molecule has 0 amide bonds. The second-order valence-electron chi connectivity index (χ2n) is 5.35. The summed E-state index contributed by atoms with van der Waals surface area (Å²) in [5.41, 5.74) is 2.04. The molecular weight excluding hydrogens is 349 g/mol. The standard InChI is InChI=1S/C17H13Cl2N3O2/c1-9(14-6-7-16(23)22-21-14)13-4-5-15(20-13)17(24)11-3-2-10(18)8-12(11)19/h2-9,20H,1H3,(H,22,23). The van der Waals surface area contributed by atoms with Crippen LogP contribution in [0.25, 0.3) is 0 Å². The Balaban J connectivity index is 1.88. The smallest absolute Gasteiger partial charge is 0.264 e. The number of carbonyl (C=O) groups is 1. The molecule has 2 N–H and O–H groups in total. The Morgan fingerprint density at radius 2 is 1.92 bits per heavy atom. The molecule has 0 bridgehead atoms. The highest BCUT2D eigenvalue weighted by Crippen LogP contribution is 2.25. The summed E-state index contributed by atoms with van der Waals surface area (Å²) in [5.74, 6) is -0.325. The minimum absolute atomic E-state index is 0.107. The van der Waals surface area contributed by atoms with E-state index in [0.717, 1.165) is 5.69 Å². The van der Waals surface area contributed by atoms with Gasteiger partial charge in [0.05, 0.1) is 16.4 Å². The fourth-order valence-corrected chi connectivity index (χ4v) is 2.87. The van der Waals surface area contributed by atoms with E-state index in [4.69, 9.17) is 23.2 Å². The molecule has 7 heteroatoms. The zero-order valence-corrected chi connectivity index (χ0v) is 14.2. The minimum Gasteiger partial charge on any atom is -0.355 e. The van der Waals surface area contributed by atoms with Crippen LogP contribution in [0.1, 0.15) is 40.3 Å². The lowest BCUT2D eigenvalue weighted by Crippen LogP contribution is -2.10. The predicted octanol–water partition coefficient (Wildman–Crippen LogP) is 3.79. The van der Waals surface area contributed by atoms with E-state index in [0.29, 0.717) is 27.0 Å². The van der Waals surface area contributed by atoms with Crippen molar-refractivity contribution >= 4 is 29.0 Å². The topological polar surface area (TPSA) is 78.6 Å². The molecule has 0 aliphatic heterocycles. The normalized spacial score (nSPS) is 12.1. The van der Waals surface area contributed by atoms with Gasteiger partial charge in [0, 0.05) is 28.3 Å². The van der Waals surface area contributed by atoms with Crippen molar-refractivity contribution in [1.29, 1.82) is 0 Å². The molecule has 5 nitrogen and oxygen atoms in total. The van der Waals surface area contributed by atoms with Crippen molar-refractivity contribution in [3.63, 3.8) is 0 Å². The maximum absolute atomic E-state index is 12.6. The van der Waals surface area contributed by atoms with E-state index in [2.05, 4.69) is 15.2 Å². The number of ketones is 1. The van der Waals surface area contributed by atoms with Crippen LogP contribution in [0.15, 0.2) is 47.3 Å². The van der Waals surface area contributed by atoms with E-state index >= 15 is 0 Å². The summed E-state index contributed by atoms with van der Waals surface area (Å²) in [6, 6.07) is 11.3. The molecule has 1 atom stereocenters. The molecule has 0 saturated heterocycles. The Labute approximate surface area is 147 Å². The number of aromatic nitrogens is 3. The fraction of sp³-hybridized carbons (Fsp3) is 0.118. The average molecular weight is 362 g/mol. The third kappa shape index (κ3) is 3.27. The first-order valence-corrected chi connectivity index (χ1v) is 7.95. The average Bonchev–Trinajstić information content (AvgIpc) is 3.04. The van der Waals surface area contributed by atoms with Crippen LogP contribution < -0.4 is 5.56 Å². The fourth-order valence-electron chi connectivity index (χ4n) is 2.37. The summed E-state index contributed by atoms with van der Waals surface area (Å²) in [4.78, 5) is 26.8. The van der Waals surface area contributed by atoms with E-state index in [1.54, 1.807) is 24.3 Å². The number of hydrogen-bond acceptors (Lipinski definition) is 3. The molecule has 0 radical (unpaired) electrons. The molecular formula is C17H13Cl2N3O2. The van der Waals surface area contributed by atoms with Crippen molar-refractivity contribution in [3.8, 4) is 0 Å². The summed E-state index contributed by atoms with van der Waals surface area (Å²) in [7, 11) is 0. The third-order valence-corrected chi connectivity index (χ3v) is 4.29. The Kier molecular flexibility index (Phi) is 4.55. The van der Waals surface area contributed by atoms with Crippen LogP contribution in [0.5, 0.6) is 0 Å². The van der Waals surface area contributed by atoms with Crippen molar-refractivity contribution in [2.45, 2.75) is 12.8 Å². The van der Waals surface area contributed by atoms with Gasteiger partial charge in [0.15, 0.2) is 0 Å². The lowest BCUT2D eigenvalue weighted by molar-refractivity contribution is 0.103. The van der Waals surface area contributed by atoms with Gasteiger partial charge in [-0.15, -0.1) is 0 Å². The largest absolute Gasteiger partial charge is 0.355 e. The zero-order chi connectivity index (χ0) is 17.3. The maximum Gasteiger partial charge on any atom is 0.264 e. The van der Waals surface area contributed by atoms with Gasteiger partial charge in [-0.2, -0.15) is 5.10 Å². The molecule has 122 valence electrons. The third-order valence-electron chi connectivity index (χ3n) is 3.74. The van der Waals surface area contributed by atoms with Crippen molar-refractivity contribution in [2.24, 2.45) is 0 Å². The van der Waals surface area contributed by atoms with Crippen molar-refractivity contribution in [1.82, 2.24) is 15.2 Å². The molecule has 0 spiro atoms. The summed E-state index contributed by atoms with van der Waals surface area (Å²) < 4.78 is 0. The van der Waals surface area contributed by atoms with Gasteiger partial charge >= 0.3 is 0 Å². The molecule has 24 heavy (non-hydrogen) atoms. The number of nitrogens with one attached hydrogen (secondary N) is 2. The van der Waals surface area contributed by atoms with Gasteiger partial charge in [-0.3, -0.25) is 9.59 Å². The van der Waals surface area contributed by atoms with E-state index in [1.807, 2.05) is 13.0 Å². The van der Waals surface area contributed by atoms with Crippen molar-refractivity contribution in [2.75, 3.05) is 0 Å². The van der Waals surface area contributed by atoms with Crippen LogP contribution in [0.4, 0.5) is 0 Å². The zero-order valence-electron chi connectivity index (χ0n) is 12.6. The molecule has 0 fully saturated rings. The summed E-state index contributed by atoms with van der Waals surface area (Å²) in [6.07, 6.45) is 0. The summed E-state index contributed by atoms with van der Waals surface area (Å²) in [6.45, 7) is 1.93. The lowest BCUT2D eigenvalue weighted by atomic mass is 10.0. The maximum atomic E-state index is 12.6. The second-order valence-corrected chi connectivity index (χ2v) is 6.19. The molecule has 2 aromatic heterocycles. The first-order valence-electron chi connectivity index (χ1n) is 7.20. The van der Waals surface area contributed by atoms with Crippen molar-refractivity contribution in [3.05, 3.63) is 85.5 Å². The van der Waals surface area contributed by atoms with Gasteiger partial charge in [-0.1, -0.05) is 30.1 Å². The second kappa shape index (κ2) is 6.63. The quantitative estimate of drug-likeness (QED) is 0.693. The van der Waals surface area contributed by atoms with Gasteiger partial charge in [0.2, 0.25) is 5.78 Å². The Hall–Kier alpha value is -2.37. The molecule has 2 heterocycles. The lowest BCUT2D eigenvalue weighted by Gasteiger charge is -2.08.